The van der Waals surface area contributed by atoms with E-state index >= 15 is 0 Å². The third-order valence-electron chi connectivity index (χ3n) is 3.72. The first-order valence-electron chi connectivity index (χ1n) is 7.71. The normalized spacial score (nSPS) is 19.6. The summed E-state index contributed by atoms with van der Waals surface area (Å²) in [4.78, 5) is 4.26. The molecular formula is C16H19FN2O3S. The molecule has 124 valence electrons. The zero-order valence-corrected chi connectivity index (χ0v) is 13.6. The van der Waals surface area contributed by atoms with E-state index in [2.05, 4.69) is 10.1 Å². The fourth-order valence-electron chi connectivity index (χ4n) is 2.55. The van der Waals surface area contributed by atoms with E-state index in [1.807, 2.05) is 0 Å². The van der Waals surface area contributed by atoms with Crippen molar-refractivity contribution in [2.24, 2.45) is 0 Å². The quantitative estimate of drug-likeness (QED) is 0.810. The van der Waals surface area contributed by atoms with Crippen LogP contribution in [0.3, 0.4) is 0 Å². The van der Waals surface area contributed by atoms with Gasteiger partial charge in [-0.15, -0.1) is 0 Å². The van der Waals surface area contributed by atoms with Crippen molar-refractivity contribution in [1.82, 2.24) is 10.1 Å². The minimum Gasteiger partial charge on any atom is -0.377 e. The lowest BCUT2D eigenvalue weighted by atomic mass is 10.1. The van der Waals surface area contributed by atoms with Gasteiger partial charge in [0.1, 0.15) is 11.6 Å². The van der Waals surface area contributed by atoms with Crippen molar-refractivity contribution in [2.75, 3.05) is 12.4 Å². The molecule has 1 saturated heterocycles. The molecule has 7 heteroatoms. The maximum atomic E-state index is 12.9. The van der Waals surface area contributed by atoms with Crippen molar-refractivity contribution in [3.8, 4) is 0 Å². The van der Waals surface area contributed by atoms with E-state index < -0.39 is 10.8 Å². The first kappa shape index (κ1) is 16.3. The number of hydrogen-bond acceptors (Lipinski definition) is 5. The maximum absolute atomic E-state index is 12.9. The summed E-state index contributed by atoms with van der Waals surface area (Å²) in [5, 5.41) is 3.89. The molecule has 1 aliphatic heterocycles. The van der Waals surface area contributed by atoms with Gasteiger partial charge in [0.05, 0.1) is 11.9 Å². The molecule has 0 aliphatic carbocycles. The molecule has 1 aliphatic rings. The van der Waals surface area contributed by atoms with E-state index in [0.717, 1.165) is 31.4 Å². The lowest BCUT2D eigenvalue weighted by molar-refractivity contribution is 0.0310. The fourth-order valence-corrected chi connectivity index (χ4v) is 3.74. The molecule has 2 aromatic rings. The van der Waals surface area contributed by atoms with Gasteiger partial charge >= 0.3 is 0 Å². The van der Waals surface area contributed by atoms with Crippen molar-refractivity contribution < 1.29 is 17.9 Å². The Morgan fingerprint density at radius 2 is 2.09 bits per heavy atom. The van der Waals surface area contributed by atoms with Crippen LogP contribution < -0.4 is 0 Å². The van der Waals surface area contributed by atoms with Crippen molar-refractivity contribution in [2.45, 2.75) is 37.5 Å². The van der Waals surface area contributed by atoms with Crippen LogP contribution in [0, 0.1) is 5.82 Å². The number of hydrogen-bond donors (Lipinski definition) is 0. The van der Waals surface area contributed by atoms with Gasteiger partial charge in [0, 0.05) is 23.8 Å². The van der Waals surface area contributed by atoms with Gasteiger partial charge in [0.2, 0.25) is 5.89 Å². The first-order valence-corrected chi connectivity index (χ1v) is 9.20. The highest BCUT2D eigenvalue weighted by Gasteiger charge is 2.18. The number of ether oxygens (including phenoxy) is 1. The molecule has 1 aromatic heterocycles. The molecule has 23 heavy (non-hydrogen) atoms. The summed E-state index contributed by atoms with van der Waals surface area (Å²) in [7, 11) is -1.08. The first-order chi connectivity index (χ1) is 11.2. The lowest BCUT2D eigenvalue weighted by Crippen LogP contribution is -2.25. The van der Waals surface area contributed by atoms with Crippen LogP contribution in [0.4, 0.5) is 4.39 Å². The molecule has 0 saturated carbocycles. The molecular weight excluding hydrogens is 319 g/mol. The Balaban J connectivity index is 1.52. The predicted molar refractivity (Wildman–Crippen MR) is 83.8 cm³/mol. The van der Waals surface area contributed by atoms with Crippen LogP contribution in [0.5, 0.6) is 0 Å². The second kappa shape index (κ2) is 7.79. The Bertz CT molecular complexity index is 654. The molecule has 5 nitrogen and oxygen atoms in total. The molecule has 3 rings (SSSR count). The molecule has 1 fully saturated rings. The van der Waals surface area contributed by atoms with Crippen molar-refractivity contribution in [1.29, 1.82) is 0 Å². The van der Waals surface area contributed by atoms with Crippen LogP contribution in [0.15, 0.2) is 28.8 Å². The van der Waals surface area contributed by atoms with E-state index in [4.69, 9.17) is 9.26 Å². The summed E-state index contributed by atoms with van der Waals surface area (Å²) in [6.07, 6.45) is 3.71. The van der Waals surface area contributed by atoms with Gasteiger partial charge in [-0.3, -0.25) is 4.21 Å². The topological polar surface area (TPSA) is 65.2 Å². The molecule has 0 amide bonds. The average molecular weight is 338 g/mol. The largest absolute Gasteiger partial charge is 0.377 e. The monoisotopic (exact) mass is 338 g/mol. The minimum absolute atomic E-state index is 0.0752. The number of halogens is 1. The van der Waals surface area contributed by atoms with Crippen molar-refractivity contribution >= 4 is 10.8 Å². The highest BCUT2D eigenvalue weighted by atomic mass is 32.2. The standard InChI is InChI=1S/C16H19FN2O3S/c17-13-6-4-12(5-7-13)9-15-18-16(22-19-15)11-23(20)10-14-3-1-2-8-21-14/h4-7,14H,1-3,8-11H2/t14-,23-/m0/s1. The SMILES string of the molecule is O=[S@](Cc1nc(Cc2ccc(F)cc2)no1)C[C@@H]1CCCCO1. The summed E-state index contributed by atoms with van der Waals surface area (Å²) in [6, 6.07) is 6.17. The van der Waals surface area contributed by atoms with Gasteiger partial charge in [0.25, 0.3) is 0 Å². The molecule has 0 N–H and O–H groups in total. The van der Waals surface area contributed by atoms with Crippen LogP contribution >= 0.6 is 0 Å². The maximum Gasteiger partial charge on any atom is 0.239 e. The average Bonchev–Trinajstić information content (AvgIpc) is 2.97. The third-order valence-corrected chi connectivity index (χ3v) is 5.03. The van der Waals surface area contributed by atoms with Gasteiger partial charge in [-0.05, 0) is 37.0 Å². The van der Waals surface area contributed by atoms with Crippen LogP contribution in [0.1, 0.15) is 36.5 Å². The Hall–Kier alpha value is -1.60. The van der Waals surface area contributed by atoms with E-state index in [9.17, 15) is 8.60 Å². The zero-order chi connectivity index (χ0) is 16.1. The highest BCUT2D eigenvalue weighted by Crippen LogP contribution is 2.15. The Morgan fingerprint density at radius 3 is 2.83 bits per heavy atom. The molecule has 0 radical (unpaired) electrons. The summed E-state index contributed by atoms with van der Waals surface area (Å²) in [5.41, 5.74) is 0.899. The molecule has 2 atom stereocenters. The second-order valence-corrected chi connectivity index (χ2v) is 7.15. The summed E-state index contributed by atoms with van der Waals surface area (Å²) < 4.78 is 35.8. The van der Waals surface area contributed by atoms with Crippen LogP contribution in [-0.2, 0) is 27.7 Å². The van der Waals surface area contributed by atoms with Crippen LogP contribution in [0.2, 0.25) is 0 Å². The van der Waals surface area contributed by atoms with E-state index in [0.29, 0.717) is 23.9 Å². The second-order valence-electron chi connectivity index (χ2n) is 5.65. The Labute approximate surface area is 136 Å². The van der Waals surface area contributed by atoms with Gasteiger partial charge in [0.15, 0.2) is 5.82 Å². The van der Waals surface area contributed by atoms with Gasteiger partial charge in [-0.25, -0.2) is 4.39 Å². The van der Waals surface area contributed by atoms with E-state index in [-0.39, 0.29) is 17.7 Å². The molecule has 0 spiro atoms. The van der Waals surface area contributed by atoms with Crippen LogP contribution in [-0.4, -0.2) is 32.8 Å². The fraction of sp³-hybridized carbons (Fsp3) is 0.500. The van der Waals surface area contributed by atoms with Gasteiger partial charge in [-0.2, -0.15) is 4.98 Å². The van der Waals surface area contributed by atoms with Crippen LogP contribution in [0.25, 0.3) is 0 Å². The smallest absolute Gasteiger partial charge is 0.239 e. The summed E-state index contributed by atoms with van der Waals surface area (Å²) >= 11 is 0. The van der Waals surface area contributed by atoms with E-state index in [1.54, 1.807) is 12.1 Å². The van der Waals surface area contributed by atoms with Gasteiger partial charge in [-0.1, -0.05) is 17.3 Å². The number of benzene rings is 1. The minimum atomic E-state index is -1.08. The number of rotatable bonds is 6. The van der Waals surface area contributed by atoms with E-state index in [1.165, 1.54) is 12.1 Å². The number of aromatic nitrogens is 2. The Morgan fingerprint density at radius 1 is 1.26 bits per heavy atom. The lowest BCUT2D eigenvalue weighted by Gasteiger charge is -2.21. The molecule has 2 heterocycles. The predicted octanol–water partition coefficient (Wildman–Crippen LogP) is 2.62. The molecule has 0 unspecified atom stereocenters. The molecule has 1 aromatic carbocycles. The third kappa shape index (κ3) is 4.94. The summed E-state index contributed by atoms with van der Waals surface area (Å²) in [5.74, 6) is 1.36. The zero-order valence-electron chi connectivity index (χ0n) is 12.7. The highest BCUT2D eigenvalue weighted by molar-refractivity contribution is 7.84. The molecule has 0 bridgehead atoms. The van der Waals surface area contributed by atoms with Crippen molar-refractivity contribution in [3.05, 3.63) is 47.4 Å². The summed E-state index contributed by atoms with van der Waals surface area (Å²) in [6.45, 7) is 0.754. The Kier molecular flexibility index (Phi) is 5.51. The van der Waals surface area contributed by atoms with Crippen molar-refractivity contribution in [3.63, 3.8) is 0 Å². The number of nitrogens with zero attached hydrogens (tertiary/aromatic N) is 2. The van der Waals surface area contributed by atoms with Gasteiger partial charge < -0.3 is 9.26 Å².